The van der Waals surface area contributed by atoms with Gasteiger partial charge in [-0.25, -0.2) is 13.2 Å². The summed E-state index contributed by atoms with van der Waals surface area (Å²) < 4.78 is 26.9. The second-order valence-corrected chi connectivity index (χ2v) is 6.94. The van der Waals surface area contributed by atoms with E-state index in [9.17, 15) is 13.2 Å². The lowest BCUT2D eigenvalue weighted by Crippen LogP contribution is -2.45. The molecule has 0 spiro atoms. The number of aryl methyl sites for hydroxylation is 1. The van der Waals surface area contributed by atoms with Crippen molar-refractivity contribution in [1.82, 2.24) is 14.5 Å². The fourth-order valence-electron chi connectivity index (χ4n) is 2.40. The molecule has 1 aliphatic carbocycles. The summed E-state index contributed by atoms with van der Waals surface area (Å²) in [6.45, 7) is 1.54. The molecule has 9 heteroatoms. The second kappa shape index (κ2) is 6.12. The van der Waals surface area contributed by atoms with Gasteiger partial charge in [-0.2, -0.15) is 9.40 Å². The molecule has 1 fully saturated rings. The standard InChI is InChI=1S/C12H19N3O5S/c1-8-11(10(12(17)18)14-13-8)21(19,20)15(6-3-7-16)9-4-2-5-9/h9,16H,2-7H2,1H3,(H,13,14)(H,17,18). The molecule has 1 aromatic rings. The number of aromatic nitrogens is 2. The number of sulfonamides is 1. The van der Waals surface area contributed by atoms with Crippen LogP contribution in [0, 0.1) is 6.92 Å². The fourth-order valence-corrected chi connectivity index (χ4v) is 4.41. The fraction of sp³-hybridized carbons (Fsp3) is 0.667. The first-order valence-electron chi connectivity index (χ1n) is 6.80. The van der Waals surface area contributed by atoms with Crippen molar-refractivity contribution in [3.63, 3.8) is 0 Å². The molecule has 1 heterocycles. The van der Waals surface area contributed by atoms with Crippen molar-refractivity contribution in [2.75, 3.05) is 13.2 Å². The van der Waals surface area contributed by atoms with Crippen LogP contribution in [0.5, 0.6) is 0 Å². The summed E-state index contributed by atoms with van der Waals surface area (Å²) in [5, 5.41) is 24.0. The maximum Gasteiger partial charge on any atom is 0.357 e. The van der Waals surface area contributed by atoms with Crippen molar-refractivity contribution < 1.29 is 23.4 Å². The number of H-pyrrole nitrogens is 1. The first-order valence-corrected chi connectivity index (χ1v) is 8.24. The number of aromatic amines is 1. The lowest BCUT2D eigenvalue weighted by atomic mass is 9.93. The van der Waals surface area contributed by atoms with Crippen molar-refractivity contribution >= 4 is 16.0 Å². The quantitative estimate of drug-likeness (QED) is 0.666. The number of carboxylic acid groups (broad SMARTS) is 1. The van der Waals surface area contributed by atoms with Crippen LogP contribution in [0.2, 0.25) is 0 Å². The lowest BCUT2D eigenvalue weighted by molar-refractivity contribution is 0.0685. The number of aromatic carboxylic acids is 1. The Morgan fingerprint density at radius 2 is 2.14 bits per heavy atom. The van der Waals surface area contributed by atoms with Crippen molar-refractivity contribution in [3.05, 3.63) is 11.4 Å². The van der Waals surface area contributed by atoms with Gasteiger partial charge in [0.25, 0.3) is 0 Å². The molecule has 0 bridgehead atoms. The van der Waals surface area contributed by atoms with E-state index in [2.05, 4.69) is 10.2 Å². The first kappa shape index (κ1) is 15.9. The van der Waals surface area contributed by atoms with Crippen molar-refractivity contribution in [3.8, 4) is 0 Å². The smallest absolute Gasteiger partial charge is 0.357 e. The highest BCUT2D eigenvalue weighted by Gasteiger charge is 2.38. The van der Waals surface area contributed by atoms with Gasteiger partial charge in [0.05, 0.1) is 5.69 Å². The minimum atomic E-state index is -3.95. The van der Waals surface area contributed by atoms with Gasteiger partial charge in [0.15, 0.2) is 5.69 Å². The molecule has 3 N–H and O–H groups in total. The Balaban J connectivity index is 2.42. The molecule has 1 saturated carbocycles. The van der Waals surface area contributed by atoms with Crippen molar-refractivity contribution in [2.24, 2.45) is 0 Å². The maximum absolute atomic E-state index is 12.8. The SMILES string of the molecule is Cc1[nH]nc(C(=O)O)c1S(=O)(=O)N(CCCO)C1CCC1. The molecule has 2 rings (SSSR count). The van der Waals surface area contributed by atoms with Gasteiger partial charge in [0.1, 0.15) is 4.90 Å². The van der Waals surface area contributed by atoms with Crippen molar-refractivity contribution in [1.29, 1.82) is 0 Å². The van der Waals surface area contributed by atoms with Crippen molar-refractivity contribution in [2.45, 2.75) is 43.5 Å². The van der Waals surface area contributed by atoms with Gasteiger partial charge in [-0.05, 0) is 26.2 Å². The molecule has 0 aliphatic heterocycles. The van der Waals surface area contributed by atoms with Crippen LogP contribution in [-0.4, -0.2) is 58.3 Å². The lowest BCUT2D eigenvalue weighted by Gasteiger charge is -2.36. The molecular weight excluding hydrogens is 298 g/mol. The normalized spacial score (nSPS) is 16.1. The zero-order valence-electron chi connectivity index (χ0n) is 11.7. The molecule has 1 aliphatic rings. The first-order chi connectivity index (χ1) is 9.89. The Kier molecular flexibility index (Phi) is 4.64. The zero-order chi connectivity index (χ0) is 15.6. The van der Waals surface area contributed by atoms with Gasteiger partial charge < -0.3 is 10.2 Å². The van der Waals surface area contributed by atoms with E-state index >= 15 is 0 Å². The minimum absolute atomic E-state index is 0.116. The average Bonchev–Trinajstić information content (AvgIpc) is 2.74. The third-order valence-corrected chi connectivity index (χ3v) is 5.79. The average molecular weight is 317 g/mol. The highest BCUT2D eigenvalue weighted by atomic mass is 32.2. The molecule has 118 valence electrons. The topological polar surface area (TPSA) is 124 Å². The molecule has 0 saturated heterocycles. The van der Waals surface area contributed by atoms with Crippen LogP contribution in [0.4, 0.5) is 0 Å². The van der Waals surface area contributed by atoms with Gasteiger partial charge in [0.2, 0.25) is 10.0 Å². The van der Waals surface area contributed by atoms with Crippen LogP contribution in [0.1, 0.15) is 41.9 Å². The summed E-state index contributed by atoms with van der Waals surface area (Å²) in [4.78, 5) is 10.9. The molecule has 0 radical (unpaired) electrons. The number of aliphatic hydroxyl groups is 1. The number of hydrogen-bond acceptors (Lipinski definition) is 5. The maximum atomic E-state index is 12.8. The van der Waals surface area contributed by atoms with Gasteiger partial charge in [0, 0.05) is 19.2 Å². The third kappa shape index (κ3) is 2.94. The van der Waals surface area contributed by atoms with Crippen LogP contribution >= 0.6 is 0 Å². The number of hydrogen-bond donors (Lipinski definition) is 3. The summed E-state index contributed by atoms with van der Waals surface area (Å²) in [7, 11) is -3.95. The molecule has 0 atom stereocenters. The van der Waals surface area contributed by atoms with Gasteiger partial charge in [-0.15, -0.1) is 0 Å². The molecule has 1 aromatic heterocycles. The van der Waals surface area contributed by atoms with E-state index in [1.165, 1.54) is 11.2 Å². The summed E-state index contributed by atoms with van der Waals surface area (Å²) in [6, 6.07) is -0.127. The van der Waals surface area contributed by atoms with Crippen LogP contribution in [-0.2, 0) is 10.0 Å². The van der Waals surface area contributed by atoms with E-state index in [4.69, 9.17) is 10.2 Å². The highest BCUT2D eigenvalue weighted by molar-refractivity contribution is 7.89. The van der Waals surface area contributed by atoms with Crippen LogP contribution in [0.15, 0.2) is 4.90 Å². The third-order valence-electron chi connectivity index (χ3n) is 3.68. The molecular formula is C12H19N3O5S. The van der Waals surface area contributed by atoms with E-state index in [0.717, 1.165) is 19.3 Å². The Morgan fingerprint density at radius 1 is 1.48 bits per heavy atom. The number of carbonyl (C=O) groups is 1. The van der Waals surface area contributed by atoms with Crippen LogP contribution < -0.4 is 0 Å². The zero-order valence-corrected chi connectivity index (χ0v) is 12.6. The van der Waals surface area contributed by atoms with Crippen LogP contribution in [0.25, 0.3) is 0 Å². The van der Waals surface area contributed by atoms with E-state index < -0.39 is 21.7 Å². The highest BCUT2D eigenvalue weighted by Crippen LogP contribution is 2.32. The Labute approximate surface area is 122 Å². The predicted molar refractivity (Wildman–Crippen MR) is 73.5 cm³/mol. The Hall–Kier alpha value is -1.45. The molecule has 0 amide bonds. The second-order valence-electron chi connectivity index (χ2n) is 5.11. The summed E-state index contributed by atoms with van der Waals surface area (Å²) in [5.74, 6) is -1.38. The van der Waals surface area contributed by atoms with Gasteiger partial charge >= 0.3 is 5.97 Å². The largest absolute Gasteiger partial charge is 0.476 e. The van der Waals surface area contributed by atoms with Gasteiger partial charge in [-0.1, -0.05) is 6.42 Å². The molecule has 0 unspecified atom stereocenters. The monoisotopic (exact) mass is 317 g/mol. The Bertz CT molecular complexity index is 621. The molecule has 8 nitrogen and oxygen atoms in total. The number of carboxylic acids is 1. The number of nitrogens with zero attached hydrogens (tertiary/aromatic N) is 2. The van der Waals surface area contributed by atoms with E-state index in [1.807, 2.05) is 0 Å². The minimum Gasteiger partial charge on any atom is -0.476 e. The molecule has 21 heavy (non-hydrogen) atoms. The van der Waals surface area contributed by atoms with E-state index in [0.29, 0.717) is 6.42 Å². The van der Waals surface area contributed by atoms with Gasteiger partial charge in [-0.3, -0.25) is 5.10 Å². The van der Waals surface area contributed by atoms with E-state index in [-0.39, 0.29) is 29.8 Å². The number of nitrogens with one attached hydrogen (secondary N) is 1. The number of aliphatic hydroxyl groups excluding tert-OH is 1. The summed E-state index contributed by atoms with van der Waals surface area (Å²) in [6.07, 6.45) is 2.77. The summed E-state index contributed by atoms with van der Waals surface area (Å²) >= 11 is 0. The predicted octanol–water partition coefficient (Wildman–Crippen LogP) is 0.342. The van der Waals surface area contributed by atoms with E-state index in [1.54, 1.807) is 0 Å². The molecule has 0 aromatic carbocycles. The number of rotatable bonds is 7. The summed E-state index contributed by atoms with van der Waals surface area (Å²) in [5.41, 5.74) is -0.276. The van der Waals surface area contributed by atoms with Crippen LogP contribution in [0.3, 0.4) is 0 Å². The Morgan fingerprint density at radius 3 is 2.62 bits per heavy atom.